The Morgan fingerprint density at radius 2 is 1.87 bits per heavy atom. The predicted octanol–water partition coefficient (Wildman–Crippen LogP) is 3.41. The number of carbonyl (C=O) groups is 2. The van der Waals surface area contributed by atoms with E-state index in [1.807, 2.05) is 0 Å². The van der Waals surface area contributed by atoms with E-state index in [2.05, 4.69) is 5.32 Å². The van der Waals surface area contributed by atoms with Crippen LogP contribution in [0.5, 0.6) is 11.5 Å². The number of nitrogens with one attached hydrogen (secondary N) is 1. The highest BCUT2D eigenvalue weighted by molar-refractivity contribution is 5.96. The standard InChI is InChI=1S/C23H27FN2O5/c1-29-13-12-26-21(27)11-9-18(22(26)15-4-6-16(24)7-5-15)23(28)25-19-10-8-17(30-2)14-20(19)31-3/h4-8,10,14,18,22H,9,11-13H2,1-3H3,(H,25,28)/t18-,22+/m1/s1. The zero-order valence-electron chi connectivity index (χ0n) is 17.9. The zero-order valence-corrected chi connectivity index (χ0v) is 17.9. The Morgan fingerprint density at radius 3 is 2.52 bits per heavy atom. The lowest BCUT2D eigenvalue weighted by Gasteiger charge is -2.40. The smallest absolute Gasteiger partial charge is 0.230 e. The summed E-state index contributed by atoms with van der Waals surface area (Å²) in [5.41, 5.74) is 1.21. The van der Waals surface area contributed by atoms with Crippen LogP contribution in [0.15, 0.2) is 42.5 Å². The molecular formula is C23H27FN2O5. The third kappa shape index (κ3) is 5.14. The van der Waals surface area contributed by atoms with Crippen molar-refractivity contribution in [3.8, 4) is 11.5 Å². The Bertz CT molecular complexity index is 919. The van der Waals surface area contributed by atoms with E-state index < -0.39 is 12.0 Å². The number of benzene rings is 2. The summed E-state index contributed by atoms with van der Waals surface area (Å²) in [6.45, 7) is 0.678. The molecule has 1 N–H and O–H groups in total. The van der Waals surface area contributed by atoms with Crippen molar-refractivity contribution in [2.24, 2.45) is 5.92 Å². The average molecular weight is 430 g/mol. The van der Waals surface area contributed by atoms with Crippen LogP contribution < -0.4 is 14.8 Å². The minimum absolute atomic E-state index is 0.0579. The van der Waals surface area contributed by atoms with Crippen molar-refractivity contribution in [3.05, 3.63) is 53.8 Å². The topological polar surface area (TPSA) is 77.1 Å². The number of hydrogen-bond acceptors (Lipinski definition) is 5. The van der Waals surface area contributed by atoms with Crippen molar-refractivity contribution < 1.29 is 28.2 Å². The fourth-order valence-electron chi connectivity index (χ4n) is 3.88. The van der Waals surface area contributed by atoms with Gasteiger partial charge in [0.25, 0.3) is 0 Å². The largest absolute Gasteiger partial charge is 0.497 e. The van der Waals surface area contributed by atoms with Crippen molar-refractivity contribution in [2.45, 2.75) is 18.9 Å². The summed E-state index contributed by atoms with van der Waals surface area (Å²) < 4.78 is 29.2. The molecule has 0 spiro atoms. The van der Waals surface area contributed by atoms with Crippen LogP contribution in [0.3, 0.4) is 0 Å². The number of amides is 2. The Labute approximate surface area is 181 Å². The van der Waals surface area contributed by atoms with Gasteiger partial charge in [0.1, 0.15) is 17.3 Å². The van der Waals surface area contributed by atoms with Gasteiger partial charge < -0.3 is 24.4 Å². The molecule has 0 saturated carbocycles. The number of rotatable bonds is 8. The Kier molecular flexibility index (Phi) is 7.46. The molecule has 2 aromatic rings. The molecule has 7 nitrogen and oxygen atoms in total. The second kappa shape index (κ2) is 10.3. The molecular weight excluding hydrogens is 403 g/mol. The zero-order chi connectivity index (χ0) is 22.4. The van der Waals surface area contributed by atoms with Crippen LogP contribution in [0.1, 0.15) is 24.4 Å². The number of likely N-dealkylation sites (tertiary alicyclic amines) is 1. The summed E-state index contributed by atoms with van der Waals surface area (Å²) in [5, 5.41) is 2.92. The monoisotopic (exact) mass is 430 g/mol. The van der Waals surface area contributed by atoms with Crippen LogP contribution >= 0.6 is 0 Å². The maximum atomic E-state index is 13.5. The normalized spacial score (nSPS) is 18.6. The van der Waals surface area contributed by atoms with Gasteiger partial charge in [-0.3, -0.25) is 9.59 Å². The molecule has 0 radical (unpaired) electrons. The minimum atomic E-state index is -0.527. The van der Waals surface area contributed by atoms with Gasteiger partial charge in [0.2, 0.25) is 11.8 Å². The summed E-state index contributed by atoms with van der Waals surface area (Å²) in [6.07, 6.45) is 0.633. The number of hydrogen-bond donors (Lipinski definition) is 1. The summed E-state index contributed by atoms with van der Waals surface area (Å²) in [5.74, 6) is -0.127. The molecule has 2 amide bonds. The summed E-state index contributed by atoms with van der Waals surface area (Å²) in [7, 11) is 4.62. The third-order valence-electron chi connectivity index (χ3n) is 5.46. The first-order valence-corrected chi connectivity index (χ1v) is 10.0. The molecule has 1 heterocycles. The van der Waals surface area contributed by atoms with Gasteiger partial charge in [-0.25, -0.2) is 4.39 Å². The molecule has 1 saturated heterocycles. The molecule has 0 bridgehead atoms. The third-order valence-corrected chi connectivity index (χ3v) is 5.46. The van der Waals surface area contributed by atoms with Crippen LogP contribution in [0.2, 0.25) is 0 Å². The molecule has 2 aromatic carbocycles. The SMILES string of the molecule is COCCN1C(=O)CC[C@@H](C(=O)Nc2ccc(OC)cc2OC)[C@@H]1c1ccc(F)cc1. The molecule has 8 heteroatoms. The first-order chi connectivity index (χ1) is 15.0. The van der Waals surface area contributed by atoms with E-state index in [-0.39, 0.29) is 24.1 Å². The van der Waals surface area contributed by atoms with Gasteiger partial charge in [-0.15, -0.1) is 0 Å². The molecule has 1 aliphatic rings. The van der Waals surface area contributed by atoms with Gasteiger partial charge in [-0.05, 0) is 36.2 Å². The van der Waals surface area contributed by atoms with Crippen LogP contribution in [0, 0.1) is 11.7 Å². The van der Waals surface area contributed by atoms with Crippen molar-refractivity contribution in [1.29, 1.82) is 0 Å². The number of methoxy groups -OCH3 is 3. The quantitative estimate of drug-likeness (QED) is 0.695. The van der Waals surface area contributed by atoms with Crippen molar-refractivity contribution in [3.63, 3.8) is 0 Å². The highest BCUT2D eigenvalue weighted by Gasteiger charge is 2.40. The van der Waals surface area contributed by atoms with Gasteiger partial charge in [0.05, 0.1) is 38.5 Å². The lowest BCUT2D eigenvalue weighted by molar-refractivity contribution is -0.142. The number of piperidine rings is 1. The fourth-order valence-corrected chi connectivity index (χ4v) is 3.88. The molecule has 31 heavy (non-hydrogen) atoms. The highest BCUT2D eigenvalue weighted by Crippen LogP contribution is 2.38. The summed E-state index contributed by atoms with van der Waals surface area (Å²) >= 11 is 0. The van der Waals surface area contributed by atoms with Gasteiger partial charge in [-0.1, -0.05) is 12.1 Å². The van der Waals surface area contributed by atoms with E-state index >= 15 is 0 Å². The van der Waals surface area contributed by atoms with Crippen LogP contribution in [0.4, 0.5) is 10.1 Å². The summed E-state index contributed by atoms with van der Waals surface area (Å²) in [6, 6.07) is 10.5. The van der Waals surface area contributed by atoms with E-state index in [0.29, 0.717) is 42.3 Å². The maximum absolute atomic E-state index is 13.5. The van der Waals surface area contributed by atoms with E-state index in [9.17, 15) is 14.0 Å². The van der Waals surface area contributed by atoms with E-state index in [0.717, 1.165) is 0 Å². The van der Waals surface area contributed by atoms with E-state index in [1.165, 1.54) is 19.2 Å². The second-order valence-corrected chi connectivity index (χ2v) is 7.28. The molecule has 166 valence electrons. The lowest BCUT2D eigenvalue weighted by atomic mass is 9.83. The number of halogens is 1. The van der Waals surface area contributed by atoms with Gasteiger partial charge >= 0.3 is 0 Å². The van der Waals surface area contributed by atoms with Crippen molar-refractivity contribution >= 4 is 17.5 Å². The first-order valence-electron chi connectivity index (χ1n) is 10.0. The Morgan fingerprint density at radius 1 is 1.13 bits per heavy atom. The molecule has 0 aliphatic carbocycles. The minimum Gasteiger partial charge on any atom is -0.497 e. The Hall–Kier alpha value is -3.13. The molecule has 1 aliphatic heterocycles. The number of carbonyl (C=O) groups excluding carboxylic acids is 2. The lowest BCUT2D eigenvalue weighted by Crippen LogP contribution is -2.47. The predicted molar refractivity (Wildman–Crippen MR) is 114 cm³/mol. The van der Waals surface area contributed by atoms with Crippen LogP contribution in [0.25, 0.3) is 0 Å². The van der Waals surface area contributed by atoms with E-state index in [4.69, 9.17) is 14.2 Å². The number of anilines is 1. The average Bonchev–Trinajstić information content (AvgIpc) is 2.78. The van der Waals surface area contributed by atoms with Crippen molar-refractivity contribution in [2.75, 3.05) is 39.8 Å². The highest BCUT2D eigenvalue weighted by atomic mass is 19.1. The second-order valence-electron chi connectivity index (χ2n) is 7.28. The number of nitrogens with zero attached hydrogens (tertiary/aromatic N) is 1. The van der Waals surface area contributed by atoms with Gasteiger partial charge in [0, 0.05) is 26.1 Å². The van der Waals surface area contributed by atoms with Gasteiger partial charge in [0.15, 0.2) is 0 Å². The molecule has 3 rings (SSSR count). The maximum Gasteiger partial charge on any atom is 0.230 e. The molecule has 1 fully saturated rings. The Balaban J connectivity index is 1.91. The van der Waals surface area contributed by atoms with E-state index in [1.54, 1.807) is 49.5 Å². The van der Waals surface area contributed by atoms with Gasteiger partial charge in [-0.2, -0.15) is 0 Å². The fraction of sp³-hybridized carbons (Fsp3) is 0.391. The summed E-state index contributed by atoms with van der Waals surface area (Å²) in [4.78, 5) is 27.7. The van der Waals surface area contributed by atoms with Crippen LogP contribution in [-0.2, 0) is 14.3 Å². The molecule has 0 aromatic heterocycles. The molecule has 0 unspecified atom stereocenters. The first kappa shape index (κ1) is 22.6. The van der Waals surface area contributed by atoms with Crippen LogP contribution in [-0.4, -0.2) is 51.2 Å². The number of ether oxygens (including phenoxy) is 3. The van der Waals surface area contributed by atoms with Crippen molar-refractivity contribution in [1.82, 2.24) is 4.90 Å². The molecule has 2 atom stereocenters.